The topological polar surface area (TPSA) is 98.1 Å². The van der Waals surface area contributed by atoms with Crippen molar-refractivity contribution in [3.05, 3.63) is 88.0 Å². The first-order valence-electron chi connectivity index (χ1n) is 16.1. The number of anilines is 1. The standard InChI is InChI=1S/C37H37F6NO5/c1-4-20(13-21-10-12-30(46)26-8-6-5-7-25(21)26)9-11-31(47)32-27(19(2)3)17-28-33(29(32)18-45)35(49)44(34(28)48)24-15-22(36(38,39)40)14-23(16-24)37(41,42)43/h5-8,10,12-16,19,28-29,31,33,45-47H,4,9,11,17-18H2,1-3H3/b20-13+/t28-,29+,31-,33-/m1/s1. The number of phenolic OH excluding ortho intramolecular Hbond substituents is 1. The molecule has 1 heterocycles. The Kier molecular flexibility index (Phi) is 10.0. The Balaban J connectivity index is 1.47. The van der Waals surface area contributed by atoms with Crippen LogP contribution in [0.25, 0.3) is 16.8 Å². The van der Waals surface area contributed by atoms with Gasteiger partial charge in [0, 0.05) is 11.3 Å². The number of amides is 2. The van der Waals surface area contributed by atoms with Gasteiger partial charge in [0.2, 0.25) is 11.8 Å². The van der Waals surface area contributed by atoms with Gasteiger partial charge in [-0.3, -0.25) is 9.59 Å². The number of hydrogen-bond donors (Lipinski definition) is 3. The number of phenols is 1. The highest BCUT2D eigenvalue weighted by atomic mass is 19.4. The van der Waals surface area contributed by atoms with Gasteiger partial charge in [-0.15, -0.1) is 0 Å². The highest BCUT2D eigenvalue weighted by Gasteiger charge is 2.56. The Bertz CT molecular complexity index is 1790. The van der Waals surface area contributed by atoms with Crippen molar-refractivity contribution < 1.29 is 51.3 Å². The molecule has 0 bridgehead atoms. The number of aliphatic hydroxyl groups is 2. The van der Waals surface area contributed by atoms with E-state index < -0.39 is 71.4 Å². The number of carbonyl (C=O) groups is 2. The molecule has 12 heteroatoms. The zero-order valence-electron chi connectivity index (χ0n) is 27.1. The number of alkyl halides is 6. The minimum atomic E-state index is -5.19. The van der Waals surface area contributed by atoms with Crippen molar-refractivity contribution in [1.82, 2.24) is 0 Å². The fourth-order valence-electron chi connectivity index (χ4n) is 7.25. The van der Waals surface area contributed by atoms with Crippen LogP contribution in [0.4, 0.5) is 32.0 Å². The van der Waals surface area contributed by atoms with Crippen molar-refractivity contribution >= 4 is 34.4 Å². The normalized spacial score (nSPS) is 21.3. The van der Waals surface area contributed by atoms with Gasteiger partial charge >= 0.3 is 12.4 Å². The number of aromatic hydroxyl groups is 1. The van der Waals surface area contributed by atoms with Crippen LogP contribution >= 0.6 is 0 Å². The van der Waals surface area contributed by atoms with Crippen LogP contribution in [0.3, 0.4) is 0 Å². The van der Waals surface area contributed by atoms with Crippen LogP contribution in [-0.2, 0) is 21.9 Å². The minimum Gasteiger partial charge on any atom is -0.507 e. The quantitative estimate of drug-likeness (QED) is 0.119. The van der Waals surface area contributed by atoms with Crippen LogP contribution in [-0.4, -0.2) is 39.8 Å². The Morgan fingerprint density at radius 2 is 1.55 bits per heavy atom. The van der Waals surface area contributed by atoms with Gasteiger partial charge in [-0.25, -0.2) is 4.90 Å². The molecule has 2 aliphatic rings. The molecule has 1 aliphatic carbocycles. The van der Waals surface area contributed by atoms with Crippen molar-refractivity contribution in [2.45, 2.75) is 64.9 Å². The lowest BCUT2D eigenvalue weighted by atomic mass is 9.66. The lowest BCUT2D eigenvalue weighted by Crippen LogP contribution is -2.40. The molecule has 49 heavy (non-hydrogen) atoms. The minimum absolute atomic E-state index is 0.0483. The number of halogens is 6. The van der Waals surface area contributed by atoms with Crippen LogP contribution in [0.5, 0.6) is 5.75 Å². The fraction of sp³-hybridized carbons (Fsp3) is 0.405. The SMILES string of the molecule is CC/C(=C\c1ccc(O)c2ccccc12)CC[C@@H](O)C1=C(C(C)C)C[C@H]2C(=O)N(c3cc(C(F)(F)F)cc(C(F)(F)F)c3)C(=O)[C@H]2[C@H]1CO. The maximum atomic E-state index is 13.8. The van der Waals surface area contributed by atoms with E-state index in [1.807, 2.05) is 45.0 Å². The summed E-state index contributed by atoms with van der Waals surface area (Å²) >= 11 is 0. The van der Waals surface area contributed by atoms with Crippen LogP contribution in [0, 0.1) is 23.7 Å². The predicted molar refractivity (Wildman–Crippen MR) is 172 cm³/mol. The van der Waals surface area contributed by atoms with Crippen molar-refractivity contribution in [3.8, 4) is 5.75 Å². The van der Waals surface area contributed by atoms with E-state index in [0.29, 0.717) is 46.4 Å². The molecule has 1 aliphatic heterocycles. The van der Waals surface area contributed by atoms with E-state index in [1.54, 1.807) is 18.2 Å². The molecule has 262 valence electrons. The third-order valence-electron chi connectivity index (χ3n) is 9.69. The number of benzene rings is 3. The number of rotatable bonds is 9. The first-order valence-corrected chi connectivity index (χ1v) is 16.1. The van der Waals surface area contributed by atoms with Gasteiger partial charge in [-0.1, -0.05) is 68.3 Å². The summed E-state index contributed by atoms with van der Waals surface area (Å²) in [7, 11) is 0. The Morgan fingerprint density at radius 1 is 0.939 bits per heavy atom. The van der Waals surface area contributed by atoms with Gasteiger partial charge in [0.15, 0.2) is 0 Å². The molecule has 5 rings (SSSR count). The molecule has 0 unspecified atom stereocenters. The second-order valence-electron chi connectivity index (χ2n) is 13.0. The molecule has 6 nitrogen and oxygen atoms in total. The largest absolute Gasteiger partial charge is 0.507 e. The zero-order chi connectivity index (χ0) is 36.0. The fourth-order valence-corrected chi connectivity index (χ4v) is 7.25. The molecule has 0 aromatic heterocycles. The average molecular weight is 690 g/mol. The summed E-state index contributed by atoms with van der Waals surface area (Å²) in [6, 6.07) is 11.4. The monoisotopic (exact) mass is 689 g/mol. The lowest BCUT2D eigenvalue weighted by molar-refractivity contribution is -0.143. The summed E-state index contributed by atoms with van der Waals surface area (Å²) in [5.74, 6) is -5.62. The van der Waals surface area contributed by atoms with Crippen LogP contribution in [0.1, 0.15) is 63.1 Å². The highest BCUT2D eigenvalue weighted by Crippen LogP contribution is 2.50. The molecule has 1 saturated heterocycles. The maximum absolute atomic E-state index is 13.8. The smallest absolute Gasteiger partial charge is 0.416 e. The van der Waals surface area contributed by atoms with E-state index in [2.05, 4.69) is 0 Å². The number of nitrogens with zero attached hydrogens (tertiary/aromatic N) is 1. The number of aliphatic hydroxyl groups excluding tert-OH is 2. The molecular weight excluding hydrogens is 652 g/mol. The summed E-state index contributed by atoms with van der Waals surface area (Å²) in [5, 5.41) is 34.0. The van der Waals surface area contributed by atoms with Gasteiger partial charge in [0.05, 0.1) is 41.4 Å². The van der Waals surface area contributed by atoms with E-state index >= 15 is 0 Å². The molecule has 3 aromatic rings. The van der Waals surface area contributed by atoms with E-state index in [9.17, 15) is 51.3 Å². The second kappa shape index (κ2) is 13.6. The summed E-state index contributed by atoms with van der Waals surface area (Å²) in [6.07, 6.45) is -8.38. The Hall–Kier alpha value is -4.16. The van der Waals surface area contributed by atoms with E-state index in [-0.39, 0.29) is 30.6 Å². The molecule has 3 aromatic carbocycles. The Labute approximate surface area is 279 Å². The number of fused-ring (bicyclic) bond motifs is 2. The average Bonchev–Trinajstić information content (AvgIpc) is 3.30. The van der Waals surface area contributed by atoms with Gasteiger partial charge in [0.1, 0.15) is 5.75 Å². The van der Waals surface area contributed by atoms with E-state index in [4.69, 9.17) is 0 Å². The predicted octanol–water partition coefficient (Wildman–Crippen LogP) is 8.29. The first kappa shape index (κ1) is 36.1. The molecule has 0 spiro atoms. The first-order chi connectivity index (χ1) is 23.0. The van der Waals surface area contributed by atoms with Crippen molar-refractivity contribution in [3.63, 3.8) is 0 Å². The zero-order valence-corrected chi connectivity index (χ0v) is 27.1. The molecule has 1 fully saturated rings. The van der Waals surface area contributed by atoms with Gasteiger partial charge < -0.3 is 15.3 Å². The summed E-state index contributed by atoms with van der Waals surface area (Å²) in [6.45, 7) is 4.90. The van der Waals surface area contributed by atoms with Crippen LogP contribution < -0.4 is 4.90 Å². The van der Waals surface area contributed by atoms with Crippen molar-refractivity contribution in [2.24, 2.45) is 23.7 Å². The molecule has 0 radical (unpaired) electrons. The van der Waals surface area contributed by atoms with Crippen molar-refractivity contribution in [1.29, 1.82) is 0 Å². The molecule has 3 N–H and O–H groups in total. The van der Waals surface area contributed by atoms with Crippen LogP contribution in [0.15, 0.2) is 71.3 Å². The van der Waals surface area contributed by atoms with Gasteiger partial charge in [-0.05, 0) is 72.4 Å². The lowest BCUT2D eigenvalue weighted by Gasteiger charge is -2.38. The number of carbonyl (C=O) groups excluding carboxylic acids is 2. The van der Waals surface area contributed by atoms with Crippen molar-refractivity contribution in [2.75, 3.05) is 11.5 Å². The molecule has 4 atom stereocenters. The molecule has 2 amide bonds. The number of imide groups is 1. The van der Waals surface area contributed by atoms with Gasteiger partial charge in [-0.2, -0.15) is 26.3 Å². The number of allylic oxidation sites excluding steroid dienone is 2. The highest BCUT2D eigenvalue weighted by molar-refractivity contribution is 6.22. The summed E-state index contributed by atoms with van der Waals surface area (Å²) in [4.78, 5) is 27.9. The summed E-state index contributed by atoms with van der Waals surface area (Å²) < 4.78 is 81.8. The maximum Gasteiger partial charge on any atom is 0.416 e. The second-order valence-corrected chi connectivity index (χ2v) is 13.0. The Morgan fingerprint density at radius 3 is 2.10 bits per heavy atom. The molecule has 0 saturated carbocycles. The third-order valence-corrected chi connectivity index (χ3v) is 9.69. The number of hydrogen-bond acceptors (Lipinski definition) is 5. The summed E-state index contributed by atoms with van der Waals surface area (Å²) in [5.41, 5.74) is -1.36. The van der Waals surface area contributed by atoms with E-state index in [0.717, 1.165) is 16.5 Å². The van der Waals surface area contributed by atoms with Crippen LogP contribution in [0.2, 0.25) is 0 Å². The van der Waals surface area contributed by atoms with Gasteiger partial charge in [0.25, 0.3) is 0 Å². The van der Waals surface area contributed by atoms with E-state index in [1.165, 1.54) is 0 Å². The third kappa shape index (κ3) is 6.98. The molecular formula is C37H37F6NO5.